The molecule has 0 radical (unpaired) electrons. The number of nitrogens with zero attached hydrogens (tertiary/aromatic N) is 3. The van der Waals surface area contributed by atoms with Crippen LogP contribution in [0, 0.1) is 6.92 Å². The van der Waals surface area contributed by atoms with Crippen molar-refractivity contribution in [1.29, 1.82) is 0 Å². The Labute approximate surface area is 99.4 Å². The molecular weight excluding hydrogens is 220 g/mol. The molecule has 0 aliphatic heterocycles. The zero-order valence-corrected chi connectivity index (χ0v) is 10.4. The highest BCUT2D eigenvalue weighted by Gasteiger charge is 2.04. The van der Waals surface area contributed by atoms with E-state index < -0.39 is 0 Å². The Hall–Kier alpha value is -1.20. The number of aromatic nitrogens is 3. The lowest BCUT2D eigenvalue weighted by Crippen LogP contribution is -2.15. The van der Waals surface area contributed by atoms with Gasteiger partial charge in [0, 0.05) is 23.8 Å². The molecule has 0 unspecified atom stereocenters. The lowest BCUT2D eigenvalue weighted by Gasteiger charge is -2.06. The first-order valence-corrected chi connectivity index (χ1v) is 6.28. The van der Waals surface area contributed by atoms with Crippen LogP contribution in [0.25, 0.3) is 0 Å². The van der Waals surface area contributed by atoms with Gasteiger partial charge in [0.1, 0.15) is 5.01 Å². The van der Waals surface area contributed by atoms with E-state index in [1.165, 1.54) is 5.69 Å². The number of imidazole rings is 1. The van der Waals surface area contributed by atoms with E-state index in [4.69, 9.17) is 0 Å². The summed E-state index contributed by atoms with van der Waals surface area (Å²) in [5.41, 5.74) is 2.29. The van der Waals surface area contributed by atoms with Gasteiger partial charge < -0.3 is 9.88 Å². The topological polar surface area (TPSA) is 42.7 Å². The van der Waals surface area contributed by atoms with E-state index >= 15 is 0 Å². The van der Waals surface area contributed by atoms with Crippen LogP contribution in [0.2, 0.25) is 0 Å². The minimum atomic E-state index is 0.819. The molecule has 16 heavy (non-hydrogen) atoms. The van der Waals surface area contributed by atoms with Gasteiger partial charge in [-0.05, 0) is 13.5 Å². The van der Waals surface area contributed by atoms with Crippen LogP contribution in [0.5, 0.6) is 0 Å². The van der Waals surface area contributed by atoms with E-state index in [2.05, 4.69) is 32.2 Å². The summed E-state index contributed by atoms with van der Waals surface area (Å²) in [6.45, 7) is 6.78. The highest BCUT2D eigenvalue weighted by molar-refractivity contribution is 7.09. The summed E-state index contributed by atoms with van der Waals surface area (Å²) in [6.07, 6.45) is 3.77. The van der Waals surface area contributed by atoms with E-state index in [9.17, 15) is 0 Å². The van der Waals surface area contributed by atoms with E-state index in [0.29, 0.717) is 0 Å². The molecule has 0 saturated carbocycles. The van der Waals surface area contributed by atoms with Gasteiger partial charge >= 0.3 is 0 Å². The summed E-state index contributed by atoms with van der Waals surface area (Å²) in [5, 5.41) is 6.52. The maximum Gasteiger partial charge on any atom is 0.113 e. The van der Waals surface area contributed by atoms with Gasteiger partial charge in [-0.1, -0.05) is 6.92 Å². The highest BCUT2D eigenvalue weighted by Crippen LogP contribution is 2.11. The second-order valence-electron chi connectivity index (χ2n) is 3.68. The van der Waals surface area contributed by atoms with Crippen LogP contribution < -0.4 is 5.32 Å². The maximum absolute atomic E-state index is 4.46. The first-order valence-electron chi connectivity index (χ1n) is 5.40. The average molecular weight is 236 g/mol. The molecule has 2 aromatic heterocycles. The number of rotatable bonds is 5. The van der Waals surface area contributed by atoms with Crippen molar-refractivity contribution < 1.29 is 0 Å². The first kappa shape index (κ1) is 11.3. The second-order valence-corrected chi connectivity index (χ2v) is 4.62. The fourth-order valence-electron chi connectivity index (χ4n) is 1.51. The molecule has 2 rings (SSSR count). The molecule has 0 saturated heterocycles. The summed E-state index contributed by atoms with van der Waals surface area (Å²) in [6, 6.07) is 0. The number of nitrogens with one attached hydrogen (secondary N) is 1. The molecule has 0 fully saturated rings. The monoisotopic (exact) mass is 236 g/mol. The highest BCUT2D eigenvalue weighted by atomic mass is 32.1. The predicted molar refractivity (Wildman–Crippen MR) is 65.6 cm³/mol. The minimum Gasteiger partial charge on any atom is -0.326 e. The molecule has 86 valence electrons. The fourth-order valence-corrected chi connectivity index (χ4v) is 2.28. The number of hydrogen-bond donors (Lipinski definition) is 1. The van der Waals surface area contributed by atoms with Gasteiger partial charge in [0.05, 0.1) is 18.6 Å². The molecule has 0 aliphatic carbocycles. The van der Waals surface area contributed by atoms with Crippen molar-refractivity contribution >= 4 is 11.3 Å². The smallest absolute Gasteiger partial charge is 0.113 e. The van der Waals surface area contributed by atoms with Crippen LogP contribution in [0.1, 0.15) is 23.3 Å². The van der Waals surface area contributed by atoms with Gasteiger partial charge in [-0.15, -0.1) is 11.3 Å². The van der Waals surface area contributed by atoms with Crippen molar-refractivity contribution in [3.8, 4) is 0 Å². The van der Waals surface area contributed by atoms with E-state index in [0.717, 1.165) is 30.3 Å². The van der Waals surface area contributed by atoms with Crippen LogP contribution in [0.3, 0.4) is 0 Å². The number of hydrogen-bond acceptors (Lipinski definition) is 4. The van der Waals surface area contributed by atoms with Crippen molar-refractivity contribution in [2.45, 2.75) is 26.9 Å². The molecule has 0 amide bonds. The normalized spacial score (nSPS) is 10.9. The lowest BCUT2D eigenvalue weighted by molar-refractivity contribution is 0.655. The zero-order valence-electron chi connectivity index (χ0n) is 9.60. The zero-order chi connectivity index (χ0) is 11.4. The Morgan fingerprint density at radius 1 is 1.50 bits per heavy atom. The van der Waals surface area contributed by atoms with Crippen LogP contribution in [0.15, 0.2) is 17.9 Å². The molecule has 4 nitrogen and oxygen atoms in total. The summed E-state index contributed by atoms with van der Waals surface area (Å²) >= 11 is 1.70. The molecule has 0 bridgehead atoms. The lowest BCUT2D eigenvalue weighted by atomic mass is 10.4. The third kappa shape index (κ3) is 2.68. The molecule has 5 heteroatoms. The molecule has 1 N–H and O–H groups in total. The van der Waals surface area contributed by atoms with Crippen molar-refractivity contribution in [2.24, 2.45) is 0 Å². The molecule has 2 heterocycles. The molecule has 0 spiro atoms. The van der Waals surface area contributed by atoms with Gasteiger partial charge in [0.25, 0.3) is 0 Å². The Balaban J connectivity index is 2.06. The Morgan fingerprint density at radius 2 is 2.38 bits per heavy atom. The van der Waals surface area contributed by atoms with Gasteiger partial charge in [0.15, 0.2) is 0 Å². The maximum atomic E-state index is 4.46. The van der Waals surface area contributed by atoms with Gasteiger partial charge in [-0.25, -0.2) is 9.97 Å². The van der Waals surface area contributed by atoms with Gasteiger partial charge in [0.2, 0.25) is 0 Å². The number of thiazole rings is 1. The average Bonchev–Trinajstić information content (AvgIpc) is 2.86. The quantitative estimate of drug-likeness (QED) is 0.861. The third-order valence-corrected chi connectivity index (χ3v) is 3.28. The minimum absolute atomic E-state index is 0.819. The summed E-state index contributed by atoms with van der Waals surface area (Å²) in [5.74, 6) is 0. The second kappa shape index (κ2) is 5.23. The molecular formula is C11H16N4S. The number of aryl methyl sites for hydroxylation is 1. The van der Waals surface area contributed by atoms with Crippen LogP contribution in [0.4, 0.5) is 0 Å². The van der Waals surface area contributed by atoms with E-state index in [1.54, 1.807) is 11.3 Å². The van der Waals surface area contributed by atoms with Crippen molar-refractivity contribution in [2.75, 3.05) is 6.54 Å². The van der Waals surface area contributed by atoms with Gasteiger partial charge in [-0.3, -0.25) is 0 Å². The molecule has 0 atom stereocenters. The molecule has 0 aromatic carbocycles. The van der Waals surface area contributed by atoms with Crippen molar-refractivity contribution in [1.82, 2.24) is 19.9 Å². The summed E-state index contributed by atoms with van der Waals surface area (Å²) in [4.78, 5) is 8.63. The van der Waals surface area contributed by atoms with E-state index in [1.807, 2.05) is 19.4 Å². The van der Waals surface area contributed by atoms with Crippen LogP contribution in [-0.4, -0.2) is 21.1 Å². The third-order valence-electron chi connectivity index (χ3n) is 2.33. The van der Waals surface area contributed by atoms with Crippen molar-refractivity contribution in [3.05, 3.63) is 34.3 Å². The van der Waals surface area contributed by atoms with E-state index in [-0.39, 0.29) is 0 Å². The predicted octanol–water partition coefficient (Wildman–Crippen LogP) is 1.81. The standard InChI is InChI=1S/C11H16N4S/c1-3-12-4-10-5-13-8-15(10)6-11-14-9(2)7-16-11/h5,7-8,12H,3-4,6H2,1-2H3. The molecule has 0 aliphatic rings. The Morgan fingerprint density at radius 3 is 3.06 bits per heavy atom. The fraction of sp³-hybridized carbons (Fsp3) is 0.455. The van der Waals surface area contributed by atoms with Crippen LogP contribution >= 0.6 is 11.3 Å². The summed E-state index contributed by atoms with van der Waals surface area (Å²) < 4.78 is 2.14. The SMILES string of the molecule is CCNCc1cncn1Cc1nc(C)cs1. The Bertz CT molecular complexity index is 446. The van der Waals surface area contributed by atoms with Crippen LogP contribution in [-0.2, 0) is 13.1 Å². The molecule has 2 aromatic rings. The Kier molecular flexibility index (Phi) is 3.69. The van der Waals surface area contributed by atoms with Gasteiger partial charge in [-0.2, -0.15) is 0 Å². The van der Waals surface area contributed by atoms with Crippen molar-refractivity contribution in [3.63, 3.8) is 0 Å². The largest absolute Gasteiger partial charge is 0.326 e. The summed E-state index contributed by atoms with van der Waals surface area (Å²) in [7, 11) is 0. The first-order chi connectivity index (χ1) is 7.79.